The molecule has 0 spiro atoms. The Morgan fingerprint density at radius 2 is 1.37 bits per heavy atom. The summed E-state index contributed by atoms with van der Waals surface area (Å²) < 4.78 is 21.6. The van der Waals surface area contributed by atoms with Gasteiger partial charge in [-0.2, -0.15) is 0 Å². The van der Waals surface area contributed by atoms with Gasteiger partial charge in [0.25, 0.3) is 0 Å². The first kappa shape index (κ1) is 33.1. The Kier molecular flexibility index (Phi) is 13.5. The molecule has 0 aliphatic rings. The number of carbonyl (C=O) groups is 4. The molecular weight excluding hydrogens is 490 g/mol. The van der Waals surface area contributed by atoms with E-state index in [1.54, 1.807) is 46.8 Å². The number of ether oxygens (including phenoxy) is 4. The van der Waals surface area contributed by atoms with Gasteiger partial charge in [-0.3, -0.25) is 19.2 Å². The summed E-state index contributed by atoms with van der Waals surface area (Å²) in [5, 5.41) is 0. The number of nitrogens with two attached hydrogens (primary N) is 1. The van der Waals surface area contributed by atoms with Crippen molar-refractivity contribution >= 4 is 23.9 Å². The van der Waals surface area contributed by atoms with Crippen molar-refractivity contribution in [1.82, 2.24) is 0 Å². The third-order valence-electron chi connectivity index (χ3n) is 6.23. The van der Waals surface area contributed by atoms with Gasteiger partial charge in [-0.1, -0.05) is 60.5 Å². The Labute approximate surface area is 226 Å². The number of hydrogen-bond donors (Lipinski definition) is 1. The van der Waals surface area contributed by atoms with Crippen LogP contribution in [0.25, 0.3) is 0 Å². The second-order valence-corrected chi connectivity index (χ2v) is 10.4. The Morgan fingerprint density at radius 1 is 0.842 bits per heavy atom. The van der Waals surface area contributed by atoms with Gasteiger partial charge in [-0.15, -0.1) is 0 Å². The van der Waals surface area contributed by atoms with Crippen LogP contribution >= 0.6 is 0 Å². The highest BCUT2D eigenvalue weighted by atomic mass is 16.6. The molecule has 9 nitrogen and oxygen atoms in total. The van der Waals surface area contributed by atoms with E-state index >= 15 is 0 Å². The van der Waals surface area contributed by atoms with Crippen molar-refractivity contribution in [3.8, 4) is 11.5 Å². The fraction of sp³-hybridized carbons (Fsp3) is 0.655. The fourth-order valence-corrected chi connectivity index (χ4v) is 4.03. The van der Waals surface area contributed by atoms with E-state index in [1.807, 2.05) is 13.8 Å². The van der Waals surface area contributed by atoms with Gasteiger partial charge in [-0.25, -0.2) is 0 Å². The molecule has 1 aromatic carbocycles. The van der Waals surface area contributed by atoms with Crippen LogP contribution in [-0.4, -0.2) is 42.6 Å². The molecule has 0 heterocycles. The lowest BCUT2D eigenvalue weighted by Crippen LogP contribution is -2.53. The van der Waals surface area contributed by atoms with Crippen LogP contribution in [0.4, 0.5) is 0 Å². The number of benzene rings is 1. The van der Waals surface area contributed by atoms with Crippen molar-refractivity contribution in [3.63, 3.8) is 0 Å². The van der Waals surface area contributed by atoms with E-state index in [2.05, 4.69) is 0 Å². The summed E-state index contributed by atoms with van der Waals surface area (Å²) in [5.41, 5.74) is 5.53. The molecule has 38 heavy (non-hydrogen) atoms. The number of carbonyl (C=O) groups excluding carboxylic acids is 4. The molecule has 1 rings (SSSR count). The predicted octanol–water partition coefficient (Wildman–Crippen LogP) is 4.76. The highest BCUT2D eigenvalue weighted by Gasteiger charge is 2.38. The lowest BCUT2D eigenvalue weighted by atomic mass is 9.86. The molecule has 3 unspecified atom stereocenters. The molecular formula is C29H45NO8. The van der Waals surface area contributed by atoms with Crippen molar-refractivity contribution in [3.05, 3.63) is 23.8 Å². The molecule has 0 aliphatic heterocycles. The molecule has 9 heteroatoms. The summed E-state index contributed by atoms with van der Waals surface area (Å²) in [6.45, 7) is 12.6. The van der Waals surface area contributed by atoms with Gasteiger partial charge < -0.3 is 24.7 Å². The van der Waals surface area contributed by atoms with Crippen molar-refractivity contribution in [2.24, 2.45) is 23.5 Å². The molecule has 214 valence electrons. The highest BCUT2D eigenvalue weighted by molar-refractivity contribution is 5.81. The number of esters is 4. The van der Waals surface area contributed by atoms with E-state index in [4.69, 9.17) is 24.7 Å². The number of rotatable bonds is 15. The maximum Gasteiger partial charge on any atom is 0.326 e. The van der Waals surface area contributed by atoms with Crippen molar-refractivity contribution in [2.45, 2.75) is 98.6 Å². The maximum atomic E-state index is 12.7. The summed E-state index contributed by atoms with van der Waals surface area (Å²) in [4.78, 5) is 50.1. The zero-order valence-corrected chi connectivity index (χ0v) is 24.1. The highest BCUT2D eigenvalue weighted by Crippen LogP contribution is 2.32. The second-order valence-electron chi connectivity index (χ2n) is 10.4. The topological polar surface area (TPSA) is 131 Å². The largest absolute Gasteiger partial charge is 0.468 e. The summed E-state index contributed by atoms with van der Waals surface area (Å²) in [5.74, 6) is -2.79. The van der Waals surface area contributed by atoms with Crippen LogP contribution in [0.3, 0.4) is 0 Å². The summed E-state index contributed by atoms with van der Waals surface area (Å²) in [7, 11) is 1.23. The number of methoxy groups -OCH3 is 1. The van der Waals surface area contributed by atoms with Gasteiger partial charge in [0.05, 0.1) is 24.9 Å². The smallest absolute Gasteiger partial charge is 0.326 e. The van der Waals surface area contributed by atoms with Gasteiger partial charge in [0.1, 0.15) is 11.6 Å². The van der Waals surface area contributed by atoms with Crippen LogP contribution in [0, 0.1) is 17.8 Å². The molecule has 0 fully saturated rings. The predicted molar refractivity (Wildman–Crippen MR) is 144 cm³/mol. The normalized spacial score (nSPS) is 15.1. The minimum Gasteiger partial charge on any atom is -0.468 e. The van der Waals surface area contributed by atoms with Crippen LogP contribution < -0.4 is 15.2 Å². The van der Waals surface area contributed by atoms with E-state index < -0.39 is 35.5 Å². The van der Waals surface area contributed by atoms with Gasteiger partial charge in [0, 0.05) is 12.8 Å². The van der Waals surface area contributed by atoms with E-state index in [1.165, 1.54) is 13.2 Å². The first-order valence-corrected chi connectivity index (χ1v) is 13.4. The molecule has 0 amide bonds. The lowest BCUT2D eigenvalue weighted by Gasteiger charge is -2.30. The Balaban J connectivity index is 3.33. The summed E-state index contributed by atoms with van der Waals surface area (Å²) in [6.07, 6.45) is 2.28. The molecule has 4 atom stereocenters. The van der Waals surface area contributed by atoms with Gasteiger partial charge in [-0.05, 0) is 37.5 Å². The van der Waals surface area contributed by atoms with Crippen molar-refractivity contribution in [1.29, 1.82) is 0 Å². The van der Waals surface area contributed by atoms with Crippen molar-refractivity contribution < 1.29 is 38.1 Å². The third kappa shape index (κ3) is 10.1. The first-order valence-electron chi connectivity index (χ1n) is 13.4. The molecule has 0 saturated carbocycles. The average Bonchev–Trinajstić information content (AvgIpc) is 2.84. The standard InChI is InChI=1S/C29H45NO8/c1-9-11-19(5)26(32)37-23-14-13-22(15-24(23)38-27(33)20(6)12-10-2)17-29(30,28(34)35-8)16-21(7)36-25(31)18(3)4/h13-15,18-21H,9-12,16-17,30H2,1-8H3/t19?,20?,21-,29?/m0/s1. The van der Waals surface area contributed by atoms with Crippen LogP contribution in [0.15, 0.2) is 18.2 Å². The first-order chi connectivity index (χ1) is 17.8. The number of hydrogen-bond acceptors (Lipinski definition) is 9. The van der Waals surface area contributed by atoms with Gasteiger partial charge in [0.15, 0.2) is 11.5 Å². The minimum absolute atomic E-state index is 0.00122. The van der Waals surface area contributed by atoms with E-state index in [0.717, 1.165) is 12.8 Å². The molecule has 0 aromatic heterocycles. The second kappa shape index (κ2) is 15.5. The SMILES string of the molecule is CCCC(C)C(=O)Oc1ccc(CC(N)(C[C@H](C)OC(=O)C(C)C)C(=O)OC)cc1OC(=O)C(C)CCC. The quantitative estimate of drug-likeness (QED) is 0.249. The van der Waals surface area contributed by atoms with Crippen LogP contribution in [0.5, 0.6) is 11.5 Å². The summed E-state index contributed by atoms with van der Waals surface area (Å²) >= 11 is 0. The van der Waals surface area contributed by atoms with Gasteiger partial charge >= 0.3 is 23.9 Å². The minimum atomic E-state index is -1.53. The third-order valence-corrected chi connectivity index (χ3v) is 6.23. The molecule has 0 saturated heterocycles. The molecule has 0 bridgehead atoms. The molecule has 0 aliphatic carbocycles. The Morgan fingerprint density at radius 3 is 1.84 bits per heavy atom. The monoisotopic (exact) mass is 535 g/mol. The van der Waals surface area contributed by atoms with Crippen LogP contribution in [0.2, 0.25) is 0 Å². The van der Waals surface area contributed by atoms with Crippen LogP contribution in [-0.2, 0) is 35.1 Å². The molecule has 2 N–H and O–H groups in total. The van der Waals surface area contributed by atoms with E-state index in [-0.39, 0.29) is 42.1 Å². The van der Waals surface area contributed by atoms with E-state index in [9.17, 15) is 19.2 Å². The zero-order chi connectivity index (χ0) is 29.0. The van der Waals surface area contributed by atoms with Crippen molar-refractivity contribution in [2.75, 3.05) is 7.11 Å². The summed E-state index contributed by atoms with van der Waals surface area (Å²) in [6, 6.07) is 4.72. The zero-order valence-electron chi connectivity index (χ0n) is 24.1. The fourth-order valence-electron chi connectivity index (χ4n) is 4.03. The average molecular weight is 536 g/mol. The van der Waals surface area contributed by atoms with Crippen LogP contribution in [0.1, 0.15) is 86.1 Å². The lowest BCUT2D eigenvalue weighted by molar-refractivity contribution is -0.157. The Bertz CT molecular complexity index is 960. The molecule has 1 aromatic rings. The maximum absolute atomic E-state index is 12.7. The Hall–Kier alpha value is -2.94. The molecule has 0 radical (unpaired) electrons. The van der Waals surface area contributed by atoms with Gasteiger partial charge in [0.2, 0.25) is 0 Å². The van der Waals surface area contributed by atoms with E-state index in [0.29, 0.717) is 18.4 Å².